The molecule has 1 aliphatic carbocycles. The molecule has 0 saturated heterocycles. The summed E-state index contributed by atoms with van der Waals surface area (Å²) in [7, 11) is 0. The molecule has 11 aromatic rings. The van der Waals surface area contributed by atoms with Crippen LogP contribution in [0.25, 0.3) is 72.1 Å². The van der Waals surface area contributed by atoms with E-state index in [2.05, 4.69) is 173 Å². The zero-order chi connectivity index (χ0) is 69.7. The number of anilines is 4. The molecule has 0 spiro atoms. The SMILES string of the molecule is [2H]c1c([2H])c([2H])c(-c2cnc(-n3c4ccccc4c4ccc(Oc5cccc(N6CN(c7c(-c8ccc(-c9cc(C(C)(C)C)cc(C(C)(C)C)c9)cc8)cc(C(C)(C)C)cc7-c7c([2H])c([2H])c8c(c7[2H])C(C)(C)CCC8(C)C)c7ccccc76)c5)cc43)cc2C([2H])([2H])[2H])c([2H])c1[2H]. The number of rotatable bonds is 9. The average Bonchev–Trinajstić information content (AvgIpc) is 1.31. The fraction of sp³-hybridized carbons (Fsp3) is 0.272. The van der Waals surface area contributed by atoms with Gasteiger partial charge < -0.3 is 14.5 Å². The maximum Gasteiger partial charge on any atom is 0.137 e. The Morgan fingerprint density at radius 2 is 1.09 bits per heavy atom. The highest BCUT2D eigenvalue weighted by molar-refractivity contribution is 6.09. The summed E-state index contributed by atoms with van der Waals surface area (Å²) in [5, 5.41) is 1.72. The molecule has 0 amide bonds. The minimum Gasteiger partial charge on any atom is -0.457 e. The van der Waals surface area contributed by atoms with Crippen molar-refractivity contribution in [1.29, 1.82) is 0 Å². The summed E-state index contributed by atoms with van der Waals surface area (Å²) in [5.74, 6) is 1.28. The van der Waals surface area contributed by atoms with Crippen LogP contribution in [0, 0.1) is 6.85 Å². The van der Waals surface area contributed by atoms with Crippen LogP contribution in [0.3, 0.4) is 0 Å². The number of pyridine rings is 1. The van der Waals surface area contributed by atoms with Gasteiger partial charge in [0, 0.05) is 55.6 Å². The van der Waals surface area contributed by atoms with E-state index in [0.29, 0.717) is 35.3 Å². The minimum absolute atomic E-state index is 0.0471. The maximum atomic E-state index is 10.5. The second kappa shape index (κ2) is 20.8. The predicted molar refractivity (Wildman–Crippen MR) is 365 cm³/mol. The van der Waals surface area contributed by atoms with Crippen LogP contribution < -0.4 is 14.5 Å². The van der Waals surface area contributed by atoms with Crippen molar-refractivity contribution >= 4 is 44.6 Å². The van der Waals surface area contributed by atoms with Gasteiger partial charge in [-0.3, -0.25) is 4.57 Å². The minimum atomic E-state index is -2.77. The third kappa shape index (κ3) is 10.3. The van der Waals surface area contributed by atoms with Crippen molar-refractivity contribution in [3.8, 4) is 61.8 Å². The van der Waals surface area contributed by atoms with Crippen LogP contribution in [-0.2, 0) is 27.1 Å². The number of benzene rings is 9. The van der Waals surface area contributed by atoms with Gasteiger partial charge in [-0.15, -0.1) is 0 Å². The van der Waals surface area contributed by atoms with Crippen molar-refractivity contribution in [1.82, 2.24) is 9.55 Å². The number of aromatic nitrogens is 2. The van der Waals surface area contributed by atoms with Crippen LogP contribution >= 0.6 is 0 Å². The second-order valence-corrected chi connectivity index (χ2v) is 28.0. The number of para-hydroxylation sites is 3. The number of hydrogen-bond donors (Lipinski definition) is 0. The standard InChI is InChI=1S/C81H82N4O/c1-52-41-75(82-50-68(52)54-23-16-15-17-24-54)85-71-28-19-18-27-64(71)65-37-36-63(49-74(65)85)86-62-26-22-25-61(48-62)83-51-84(73-30-21-20-29-72(73)83)76-66(55-33-31-53(32-34-55)57-42-58(77(2,3)4)45-59(43-57)78(5,6)7)46-60(79(8,9)10)47-67(76)56-35-38-69-70(44-56)81(13,14)40-39-80(69,11)12/h15-38,41-50H,39-40,51H2,1-14H3/i1D3,15D,16D,17D,23D,24D,35D,38D,44D. The molecule has 432 valence electrons. The summed E-state index contributed by atoms with van der Waals surface area (Å²) in [4.78, 5) is 9.36. The molecule has 1 aliphatic heterocycles. The third-order valence-corrected chi connectivity index (χ3v) is 17.9. The fourth-order valence-corrected chi connectivity index (χ4v) is 12.6. The Morgan fingerprint density at radius 1 is 0.488 bits per heavy atom. The van der Waals surface area contributed by atoms with Crippen molar-refractivity contribution < 1.29 is 19.8 Å². The number of aryl methyl sites for hydroxylation is 1. The van der Waals surface area contributed by atoms with Crippen LogP contribution in [0.1, 0.15) is 151 Å². The molecule has 9 aromatic carbocycles. The lowest BCUT2D eigenvalue weighted by Crippen LogP contribution is -2.33. The van der Waals surface area contributed by atoms with Crippen molar-refractivity contribution in [2.45, 2.75) is 137 Å². The molecular weight excluding hydrogens is 1040 g/mol. The molecule has 0 bridgehead atoms. The first-order chi connectivity index (χ1) is 45.4. The molecule has 0 radical (unpaired) electrons. The van der Waals surface area contributed by atoms with E-state index in [4.69, 9.17) is 20.7 Å². The monoisotopic (exact) mass is 1140 g/mol. The van der Waals surface area contributed by atoms with E-state index >= 15 is 0 Å². The van der Waals surface area contributed by atoms with Gasteiger partial charge in [0.15, 0.2) is 0 Å². The van der Waals surface area contributed by atoms with Crippen molar-refractivity contribution in [3.05, 3.63) is 240 Å². The Balaban J connectivity index is 0.946. The molecule has 2 aliphatic rings. The average molecular weight is 1140 g/mol. The van der Waals surface area contributed by atoms with Gasteiger partial charge in [0.25, 0.3) is 0 Å². The molecular formula is C81H82N4O. The van der Waals surface area contributed by atoms with E-state index in [1.54, 1.807) is 0 Å². The van der Waals surface area contributed by atoms with Crippen LogP contribution in [0.15, 0.2) is 206 Å². The smallest absolute Gasteiger partial charge is 0.137 e. The van der Waals surface area contributed by atoms with Gasteiger partial charge in [-0.1, -0.05) is 217 Å². The summed E-state index contributed by atoms with van der Waals surface area (Å²) in [5.41, 5.74) is 13.6. The number of ether oxygens (including phenoxy) is 1. The lowest BCUT2D eigenvalue weighted by atomic mass is 9.63. The lowest BCUT2D eigenvalue weighted by molar-refractivity contribution is 0.332. The number of hydrogen-bond acceptors (Lipinski definition) is 4. The van der Waals surface area contributed by atoms with Crippen LogP contribution in [-0.4, -0.2) is 16.2 Å². The quantitative estimate of drug-likeness (QED) is 0.144. The van der Waals surface area contributed by atoms with Crippen LogP contribution in [0.4, 0.5) is 22.7 Å². The topological polar surface area (TPSA) is 33.5 Å². The zero-order valence-electron chi connectivity index (χ0n) is 62.8. The largest absolute Gasteiger partial charge is 0.457 e. The highest BCUT2D eigenvalue weighted by Gasteiger charge is 2.39. The zero-order valence-corrected chi connectivity index (χ0v) is 51.8. The van der Waals surface area contributed by atoms with Crippen molar-refractivity contribution in [2.24, 2.45) is 0 Å². The van der Waals surface area contributed by atoms with E-state index in [0.717, 1.165) is 96.4 Å². The van der Waals surface area contributed by atoms with E-state index in [1.165, 1.54) is 23.4 Å². The summed E-state index contributed by atoms with van der Waals surface area (Å²) in [6, 6.07) is 49.3. The Kier molecular flexibility index (Phi) is 10.8. The highest BCUT2D eigenvalue weighted by Crippen LogP contribution is 2.54. The Bertz CT molecular complexity index is 4980. The summed E-state index contributed by atoms with van der Waals surface area (Å²) in [6.07, 6.45) is 2.97. The van der Waals surface area contributed by atoms with Gasteiger partial charge in [0.2, 0.25) is 0 Å². The molecule has 0 saturated carbocycles. The summed E-state index contributed by atoms with van der Waals surface area (Å²) in [6.45, 7) is 26.4. The Labute approximate surface area is 526 Å². The summed E-state index contributed by atoms with van der Waals surface area (Å²) < 4.78 is 108. The van der Waals surface area contributed by atoms with Crippen LogP contribution in [0.5, 0.6) is 11.5 Å². The number of nitrogens with zero attached hydrogens (tertiary/aromatic N) is 4. The first-order valence-electron chi connectivity index (χ1n) is 35.6. The van der Waals surface area contributed by atoms with Crippen LogP contribution in [0.2, 0.25) is 0 Å². The Morgan fingerprint density at radius 3 is 1.78 bits per heavy atom. The van der Waals surface area contributed by atoms with Gasteiger partial charge in [0.05, 0.1) is 39.1 Å². The van der Waals surface area contributed by atoms with E-state index in [1.807, 2.05) is 77.4 Å². The van der Waals surface area contributed by atoms with Gasteiger partial charge in [0.1, 0.15) is 24.0 Å². The first-order valence-corrected chi connectivity index (χ1v) is 30.1. The molecule has 0 atom stereocenters. The van der Waals surface area contributed by atoms with Crippen molar-refractivity contribution in [2.75, 3.05) is 16.5 Å². The fourth-order valence-electron chi connectivity index (χ4n) is 12.6. The van der Waals surface area contributed by atoms with E-state index < -0.39 is 47.9 Å². The van der Waals surface area contributed by atoms with E-state index in [-0.39, 0.29) is 50.8 Å². The molecule has 5 nitrogen and oxygen atoms in total. The maximum absolute atomic E-state index is 10.5. The Hall–Kier alpha value is -8.67. The predicted octanol–water partition coefficient (Wildman–Crippen LogP) is 22.4. The van der Waals surface area contributed by atoms with Gasteiger partial charge in [-0.25, -0.2) is 4.98 Å². The first kappa shape index (κ1) is 44.8. The highest BCUT2D eigenvalue weighted by atomic mass is 16.5. The second-order valence-electron chi connectivity index (χ2n) is 28.0. The molecule has 13 rings (SSSR count). The molecule has 5 heteroatoms. The third-order valence-electron chi connectivity index (χ3n) is 17.9. The molecule has 0 unspecified atom stereocenters. The van der Waals surface area contributed by atoms with Gasteiger partial charge in [-0.2, -0.15) is 0 Å². The van der Waals surface area contributed by atoms with Gasteiger partial charge in [-0.05, 0) is 169 Å². The summed E-state index contributed by atoms with van der Waals surface area (Å²) >= 11 is 0. The molecule has 2 aromatic heterocycles. The lowest BCUT2D eigenvalue weighted by Gasteiger charge is -2.42. The van der Waals surface area contributed by atoms with Gasteiger partial charge >= 0.3 is 0 Å². The van der Waals surface area contributed by atoms with E-state index in [9.17, 15) is 4.11 Å². The normalized spacial score (nSPS) is 16.8. The number of fused-ring (bicyclic) bond motifs is 5. The molecule has 86 heavy (non-hydrogen) atoms. The molecule has 0 N–H and O–H groups in total. The molecule has 3 heterocycles. The van der Waals surface area contributed by atoms with Crippen molar-refractivity contribution in [3.63, 3.8) is 0 Å². The molecule has 0 fully saturated rings.